The summed E-state index contributed by atoms with van der Waals surface area (Å²) in [6, 6.07) is 0. The van der Waals surface area contributed by atoms with Crippen LogP contribution in [0.25, 0.3) is 0 Å². The first-order valence-corrected chi connectivity index (χ1v) is 3.13. The number of halogens is 1. The van der Waals surface area contributed by atoms with Crippen molar-refractivity contribution in [3.8, 4) is 0 Å². The van der Waals surface area contributed by atoms with E-state index in [1.165, 1.54) is 0 Å². The molecule has 0 N–H and O–H groups in total. The molecule has 0 spiro atoms. The summed E-state index contributed by atoms with van der Waals surface area (Å²) < 4.78 is 0. The van der Waals surface area contributed by atoms with E-state index in [0.717, 1.165) is 0 Å². The van der Waals surface area contributed by atoms with Crippen LogP contribution in [0.2, 0.25) is 0 Å². The molecule has 0 aliphatic heterocycles. The summed E-state index contributed by atoms with van der Waals surface area (Å²) in [4.78, 5) is 0. The van der Waals surface area contributed by atoms with Gasteiger partial charge in [-0.25, -0.2) is 0 Å². The number of hydrogen-bond donors (Lipinski definition) is 0. The van der Waals surface area contributed by atoms with Gasteiger partial charge in [0.2, 0.25) is 0 Å². The van der Waals surface area contributed by atoms with Crippen LogP contribution in [0.15, 0.2) is 0 Å². The number of hydrogen-bond acceptors (Lipinski definition) is 0. The molecule has 0 saturated carbocycles. The van der Waals surface area contributed by atoms with Gasteiger partial charge >= 0.3 is 21.7 Å². The Morgan fingerprint density at radius 1 is 0.800 bits per heavy atom. The molecule has 10 heavy (non-hydrogen) atoms. The topological polar surface area (TPSA) is 0 Å². The fourth-order valence-corrected chi connectivity index (χ4v) is 0. The van der Waals surface area contributed by atoms with Crippen LogP contribution in [0.5, 0.6) is 0 Å². The van der Waals surface area contributed by atoms with E-state index >= 15 is 0 Å². The van der Waals surface area contributed by atoms with Crippen molar-refractivity contribution in [3.63, 3.8) is 0 Å². The summed E-state index contributed by atoms with van der Waals surface area (Å²) in [5, 5.41) is 0. The Bertz CT molecular complexity index is 24.7. The molecule has 0 aliphatic rings. The first-order chi connectivity index (χ1) is 3.46. The van der Waals surface area contributed by atoms with Crippen LogP contribution in [0.4, 0.5) is 0 Å². The molecule has 0 atom stereocenters. The second-order valence-electron chi connectivity index (χ2n) is 2.79. The van der Waals surface area contributed by atoms with Crippen LogP contribution in [0.1, 0.15) is 27.7 Å². The van der Waals surface area contributed by atoms with E-state index in [1.807, 2.05) is 0 Å². The Labute approximate surface area is 87.5 Å². The van der Waals surface area contributed by atoms with Gasteiger partial charge in [0.05, 0.1) is 0 Å². The number of rotatable bonds is 0. The van der Waals surface area contributed by atoms with Crippen LogP contribution < -0.4 is 0 Å². The third-order valence-electron chi connectivity index (χ3n) is 0. The maximum Gasteiger partial charge on any atom is 2.00 e. The average Bonchev–Trinajstić information content (AvgIpc) is 1.25. The Morgan fingerprint density at radius 3 is 0.800 bits per heavy atom. The maximum atomic E-state index is 3.64. The summed E-state index contributed by atoms with van der Waals surface area (Å²) in [5.74, 6) is 1.17. The van der Waals surface area contributed by atoms with Gasteiger partial charge in [-0.05, 0) is 0 Å². The molecule has 0 nitrogen and oxygen atoms in total. The molecule has 0 unspecified atom stereocenters. The molecular formula is C8H19ClTi. The van der Waals surface area contributed by atoms with Crippen molar-refractivity contribution in [2.45, 2.75) is 27.7 Å². The van der Waals surface area contributed by atoms with E-state index < -0.39 is 0 Å². The van der Waals surface area contributed by atoms with Crippen molar-refractivity contribution in [2.75, 3.05) is 0 Å². The molecule has 0 rings (SSSR count). The minimum absolute atomic E-state index is 0. The van der Waals surface area contributed by atoms with Gasteiger partial charge in [0.1, 0.15) is 0 Å². The van der Waals surface area contributed by atoms with E-state index in [0.29, 0.717) is 11.8 Å². The predicted octanol–water partition coefficient (Wildman–Crippen LogP) is 3.37. The fraction of sp³-hybridized carbons (Fsp3) is 0.750. The van der Waals surface area contributed by atoms with Crippen molar-refractivity contribution in [2.24, 2.45) is 11.8 Å². The molecule has 0 heterocycles. The fourth-order valence-electron chi connectivity index (χ4n) is 0. The second kappa shape index (κ2) is 16.5. The first kappa shape index (κ1) is 22.4. The van der Waals surface area contributed by atoms with Crippen molar-refractivity contribution in [1.29, 1.82) is 0 Å². The van der Waals surface area contributed by atoms with Crippen molar-refractivity contribution < 1.29 is 21.7 Å². The Morgan fingerprint density at radius 2 is 0.800 bits per heavy atom. The average molecular weight is 199 g/mol. The van der Waals surface area contributed by atoms with Crippen LogP contribution in [-0.4, -0.2) is 0 Å². The molecule has 0 fully saturated rings. The SMILES string of the molecule is Cl.[CH2-]C(C)C.[CH2-]C(C)C.[Ti+2]. The Balaban J connectivity index is -0.0000000300. The first-order valence-electron chi connectivity index (χ1n) is 3.13. The van der Waals surface area contributed by atoms with Crippen molar-refractivity contribution >= 4 is 12.4 Å². The summed E-state index contributed by atoms with van der Waals surface area (Å²) in [6.07, 6.45) is 0. The molecule has 0 radical (unpaired) electrons. The third kappa shape index (κ3) is 572. The van der Waals surface area contributed by atoms with Crippen molar-refractivity contribution in [1.82, 2.24) is 0 Å². The summed E-state index contributed by atoms with van der Waals surface area (Å²) >= 11 is 0. The van der Waals surface area contributed by atoms with E-state index in [1.54, 1.807) is 0 Å². The molecule has 0 saturated heterocycles. The van der Waals surface area contributed by atoms with E-state index in [2.05, 4.69) is 41.5 Å². The standard InChI is InChI=1S/2C4H9.ClH.Ti/c2*1-4(2)3;;/h2*4H,1H2,2-3H3;1H;/q2*-1;;+2. The Hall–Kier alpha value is 1.00. The summed E-state index contributed by atoms with van der Waals surface area (Å²) in [5.41, 5.74) is 0. The summed E-state index contributed by atoms with van der Waals surface area (Å²) in [6.45, 7) is 15.5. The van der Waals surface area contributed by atoms with Gasteiger partial charge in [-0.2, -0.15) is 11.8 Å². The van der Waals surface area contributed by atoms with Gasteiger partial charge in [0.15, 0.2) is 0 Å². The largest absolute Gasteiger partial charge is 2.00 e. The van der Waals surface area contributed by atoms with Crippen LogP contribution in [-0.2, 0) is 21.7 Å². The quantitative estimate of drug-likeness (QED) is 0.414. The predicted molar refractivity (Wildman–Crippen MR) is 47.6 cm³/mol. The molecule has 2 heteroatoms. The molecule has 0 aliphatic carbocycles. The third-order valence-corrected chi connectivity index (χ3v) is 0. The molecule has 0 aromatic rings. The monoisotopic (exact) mass is 198 g/mol. The maximum absolute atomic E-state index is 3.64. The summed E-state index contributed by atoms with van der Waals surface area (Å²) in [7, 11) is 0. The zero-order chi connectivity index (χ0) is 7.15. The molecule has 62 valence electrons. The zero-order valence-electron chi connectivity index (χ0n) is 7.48. The van der Waals surface area contributed by atoms with E-state index in [9.17, 15) is 0 Å². The normalized spacial score (nSPS) is 7.20. The van der Waals surface area contributed by atoms with Crippen LogP contribution in [0, 0.1) is 25.7 Å². The van der Waals surface area contributed by atoms with Crippen LogP contribution in [0.3, 0.4) is 0 Å². The smallest absolute Gasteiger partial charge is 0.341 e. The van der Waals surface area contributed by atoms with Gasteiger partial charge in [0, 0.05) is 0 Å². The minimum Gasteiger partial charge on any atom is -0.341 e. The molecule has 0 bridgehead atoms. The second-order valence-corrected chi connectivity index (χ2v) is 2.79. The van der Waals surface area contributed by atoms with Gasteiger partial charge in [-0.3, -0.25) is 0 Å². The van der Waals surface area contributed by atoms with Gasteiger partial charge in [-0.15, -0.1) is 12.4 Å². The van der Waals surface area contributed by atoms with Gasteiger partial charge in [0.25, 0.3) is 0 Å². The van der Waals surface area contributed by atoms with Gasteiger partial charge < -0.3 is 13.8 Å². The molecule has 0 aromatic carbocycles. The van der Waals surface area contributed by atoms with Crippen molar-refractivity contribution in [3.05, 3.63) is 13.8 Å². The zero-order valence-corrected chi connectivity index (χ0v) is 9.86. The van der Waals surface area contributed by atoms with Gasteiger partial charge in [-0.1, -0.05) is 27.7 Å². The molecular weight excluding hydrogens is 179 g/mol. The Kier molecular flexibility index (Phi) is 37.1. The van der Waals surface area contributed by atoms with E-state index in [4.69, 9.17) is 0 Å². The molecule has 0 amide bonds. The van der Waals surface area contributed by atoms with Crippen LogP contribution >= 0.6 is 12.4 Å². The minimum atomic E-state index is 0. The van der Waals surface area contributed by atoms with E-state index in [-0.39, 0.29) is 34.1 Å². The molecule has 0 aromatic heterocycles.